The predicted molar refractivity (Wildman–Crippen MR) is 433 cm³/mol. The highest BCUT2D eigenvalue weighted by molar-refractivity contribution is 7.14. The molecule has 10 heterocycles. The summed E-state index contributed by atoms with van der Waals surface area (Å²) in [5.74, 6) is -5.19. The Morgan fingerprint density at radius 2 is 0.957 bits per heavy atom. The molecule has 0 saturated carbocycles. The summed E-state index contributed by atoms with van der Waals surface area (Å²) < 4.78 is 66.9. The quantitative estimate of drug-likeness (QED) is 0.0262. The van der Waals surface area contributed by atoms with Gasteiger partial charge < -0.3 is 58.2 Å². The molecule has 5 N–H and O–H groups in total. The number of ether oxygens (including phenoxy) is 6. The maximum absolute atomic E-state index is 13.8. The number of aromatic nitrogens is 11. The molecule has 1 unspecified atom stereocenters. The van der Waals surface area contributed by atoms with Gasteiger partial charge in [0.1, 0.15) is 36.7 Å². The van der Waals surface area contributed by atoms with E-state index in [-0.39, 0.29) is 76.1 Å². The summed E-state index contributed by atoms with van der Waals surface area (Å²) in [7, 11) is 4.91. The Morgan fingerprint density at radius 1 is 0.491 bits per heavy atom. The smallest absolute Gasteiger partial charge is 0.377 e. The van der Waals surface area contributed by atoms with Crippen molar-refractivity contribution in [2.75, 3.05) is 35.0 Å². The Balaban J connectivity index is 0.000000144. The van der Waals surface area contributed by atoms with Crippen LogP contribution in [0.1, 0.15) is 172 Å². The molecular weight excluding hydrogens is 1600 g/mol. The zero-order valence-corrected chi connectivity index (χ0v) is 67.6. The van der Waals surface area contributed by atoms with Gasteiger partial charge in [-0.2, -0.15) is 8.75 Å². The Morgan fingerprint density at radius 3 is 1.41 bits per heavy atom. The van der Waals surface area contributed by atoms with Crippen molar-refractivity contribution >= 4 is 170 Å². The van der Waals surface area contributed by atoms with Crippen LogP contribution in [0.5, 0.6) is 0 Å². The molecule has 35 heteroatoms. The zero-order chi connectivity index (χ0) is 83.2. The molecule has 0 bridgehead atoms. The van der Waals surface area contributed by atoms with Crippen molar-refractivity contribution in [2.24, 2.45) is 11.7 Å². The zero-order valence-electron chi connectivity index (χ0n) is 63.5. The van der Waals surface area contributed by atoms with Crippen molar-refractivity contribution < 1.29 is 85.1 Å². The number of halogens is 2. The van der Waals surface area contributed by atoms with Crippen LogP contribution in [0.25, 0.3) is 54.5 Å². The number of H-pyrrole nitrogens is 3. The van der Waals surface area contributed by atoms with E-state index in [0.717, 1.165) is 71.4 Å². The lowest BCUT2D eigenvalue weighted by Gasteiger charge is -2.15. The van der Waals surface area contributed by atoms with Gasteiger partial charge in [0.05, 0.1) is 75.9 Å². The SMILES string of the molecule is CC(C)c1nc(C(=O)c2c[nH]c3ccccc23)cs1.CC(C)c1ncc(C(=O)c2c[nH]c3ccccc23)s1.COC(=O)COCn1cc(C(=O)c2nc(C(=O)OC)ns2)c2cc(F)ccc21.COC(=O)c1csc(C(=O)c2c[nH]c3ccccc23)c1.COC(=O)c1nsc(C(=O)c2cn(COC(=O)C(N)C(C)C)c3ccc(F)cc23)n1. The molecule has 28 nitrogen and oxygen atoms in total. The van der Waals surface area contributed by atoms with E-state index >= 15 is 0 Å². The topological polar surface area (TPSA) is 387 Å². The van der Waals surface area contributed by atoms with Crippen molar-refractivity contribution in [3.05, 3.63) is 255 Å². The number of nitrogens with zero attached hydrogens (tertiary/aromatic N) is 8. The molecule has 5 aromatic carbocycles. The van der Waals surface area contributed by atoms with E-state index in [0.29, 0.717) is 65.8 Å². The number of aromatic amines is 3. The van der Waals surface area contributed by atoms with Crippen LogP contribution in [-0.4, -0.2) is 153 Å². The molecule has 0 radical (unpaired) electrons. The summed E-state index contributed by atoms with van der Waals surface area (Å²) in [4.78, 5) is 148. The third kappa shape index (κ3) is 19.4. The number of thiazole rings is 2. The number of thiophene rings is 1. The second-order valence-electron chi connectivity index (χ2n) is 26.1. The molecule has 0 aliphatic carbocycles. The van der Waals surface area contributed by atoms with Gasteiger partial charge in [-0.15, -0.1) is 34.0 Å². The molecule has 116 heavy (non-hydrogen) atoms. The number of nitrogens with one attached hydrogen (secondary N) is 3. The van der Waals surface area contributed by atoms with Crippen LogP contribution in [-0.2, 0) is 51.5 Å². The molecule has 0 amide bonds. The molecule has 15 rings (SSSR count). The number of para-hydroxylation sites is 3. The minimum atomic E-state index is -0.788. The van der Waals surface area contributed by atoms with Gasteiger partial charge in [0, 0.05) is 120 Å². The van der Waals surface area contributed by atoms with Crippen LogP contribution in [0.2, 0.25) is 0 Å². The first-order valence-corrected chi connectivity index (χ1v) is 39.3. The molecular formula is C81H72F2N12O16S5. The molecule has 10 aromatic heterocycles. The normalized spacial score (nSPS) is 11.3. The van der Waals surface area contributed by atoms with Gasteiger partial charge in [-0.05, 0) is 89.6 Å². The van der Waals surface area contributed by atoms with Gasteiger partial charge >= 0.3 is 29.8 Å². The molecule has 1 atom stereocenters. The van der Waals surface area contributed by atoms with E-state index < -0.39 is 59.1 Å². The van der Waals surface area contributed by atoms with Crippen molar-refractivity contribution in [3.8, 4) is 0 Å². The van der Waals surface area contributed by atoms with Gasteiger partial charge in [0.2, 0.25) is 28.9 Å². The summed E-state index contributed by atoms with van der Waals surface area (Å²) in [6.07, 6.45) is 9.82. The number of carbonyl (C=O) groups excluding carboxylic acids is 10. The first-order valence-electron chi connectivity index (χ1n) is 35.2. The second kappa shape index (κ2) is 38.0. The number of esters is 5. The highest BCUT2D eigenvalue weighted by atomic mass is 32.1. The van der Waals surface area contributed by atoms with Crippen LogP contribution in [0, 0.1) is 17.6 Å². The standard InChI is InChI=1S/C19H19FN4O5S.C17H14FN3O6S.2C15H14N2OS.C15H11NO3S/c1-9(2)14(21)18(26)29-8-24-7-12(11-6-10(20)4-5-13(11)24)15(25)17-22-16(23-30-17)19(27)28-3;1-25-13(22)7-27-8-21-6-11(10-5-9(18)3-4-12(10)21)14(23)16-19-15(20-28-16)17(24)26-2;1-9(2)15-17-13(8-19-15)14(18)11-7-16-12-6-4-3-5-10(11)12;1-9(2)15-17-8-13(19-15)14(18)11-7-16-12-6-4-3-5-10(11)12;1-19-15(18)9-6-13(20-8-9)14(17)11-7-16-12-5-3-2-4-10(11)12/h4-7,9,14H,8,21H2,1-3H3;3-6H,7-8H2,1-2H3;2*3-9,16H,1-2H3;2-8,16H,1H3. The number of ketones is 5. The number of carbonyl (C=O) groups is 10. The van der Waals surface area contributed by atoms with E-state index in [9.17, 15) is 56.7 Å². The van der Waals surface area contributed by atoms with Crippen molar-refractivity contribution in [2.45, 2.75) is 72.9 Å². The lowest BCUT2D eigenvalue weighted by atomic mass is 10.1. The van der Waals surface area contributed by atoms with Crippen LogP contribution in [0.4, 0.5) is 8.78 Å². The fraction of sp³-hybridized carbons (Fsp3) is 0.210. The minimum absolute atomic E-state index is 0.0133. The molecule has 0 fully saturated rings. The number of methoxy groups -OCH3 is 4. The summed E-state index contributed by atoms with van der Waals surface area (Å²) in [5, 5.41) is 8.82. The molecule has 596 valence electrons. The van der Waals surface area contributed by atoms with E-state index in [2.05, 4.69) is 90.3 Å². The Hall–Kier alpha value is -12.6. The third-order valence-electron chi connectivity index (χ3n) is 17.4. The van der Waals surface area contributed by atoms with E-state index in [4.69, 9.17) is 15.2 Å². The fourth-order valence-corrected chi connectivity index (χ4v) is 15.0. The third-order valence-corrected chi connectivity index (χ3v) is 22.2. The molecule has 0 spiro atoms. The summed E-state index contributed by atoms with van der Waals surface area (Å²) >= 11 is 5.73. The lowest BCUT2D eigenvalue weighted by molar-refractivity contribution is -0.150. The Kier molecular flexibility index (Phi) is 27.6. The Bertz CT molecular complexity index is 6040. The van der Waals surface area contributed by atoms with Gasteiger partial charge in [-0.1, -0.05) is 96.1 Å². The van der Waals surface area contributed by atoms with Crippen LogP contribution in [0.3, 0.4) is 0 Å². The van der Waals surface area contributed by atoms with Crippen LogP contribution in [0.15, 0.2) is 163 Å². The van der Waals surface area contributed by atoms with Crippen molar-refractivity contribution in [1.82, 2.24) is 52.8 Å². The number of fused-ring (bicyclic) bond motifs is 5. The van der Waals surface area contributed by atoms with Crippen LogP contribution < -0.4 is 5.73 Å². The van der Waals surface area contributed by atoms with E-state index in [1.54, 1.807) is 66.0 Å². The Labute approximate surface area is 678 Å². The number of nitrogens with two attached hydrogens (primary N) is 1. The first kappa shape index (κ1) is 84.3. The summed E-state index contributed by atoms with van der Waals surface area (Å²) in [5.41, 5.74) is 12.9. The van der Waals surface area contributed by atoms with E-state index in [1.807, 2.05) is 78.2 Å². The monoisotopic (exact) mass is 1670 g/mol. The van der Waals surface area contributed by atoms with Gasteiger partial charge in [-0.25, -0.2) is 47.9 Å². The van der Waals surface area contributed by atoms with E-state index in [1.165, 1.54) is 104 Å². The van der Waals surface area contributed by atoms with Crippen molar-refractivity contribution in [3.63, 3.8) is 0 Å². The largest absolute Gasteiger partial charge is 0.467 e. The molecule has 0 aliphatic rings. The van der Waals surface area contributed by atoms with Gasteiger partial charge in [0.25, 0.3) is 11.6 Å². The average Bonchev–Trinajstić information content (AvgIpc) is 1.63. The predicted octanol–water partition coefficient (Wildman–Crippen LogP) is 15.1. The van der Waals surface area contributed by atoms with Gasteiger partial charge in [-0.3, -0.25) is 28.8 Å². The number of hydrogen-bond acceptors (Lipinski definition) is 28. The maximum atomic E-state index is 13.8. The summed E-state index contributed by atoms with van der Waals surface area (Å²) in [6, 6.07) is 31.9. The van der Waals surface area contributed by atoms with Gasteiger partial charge in [0.15, 0.2) is 16.7 Å². The number of hydrogen-bond donors (Lipinski definition) is 4. The molecule has 0 saturated heterocycles. The fourth-order valence-electron chi connectivity index (χ4n) is 11.3. The summed E-state index contributed by atoms with van der Waals surface area (Å²) in [6.45, 7) is 11.4. The maximum Gasteiger partial charge on any atom is 0.377 e. The minimum Gasteiger partial charge on any atom is -0.467 e. The molecule has 0 aliphatic heterocycles. The highest BCUT2D eigenvalue weighted by Gasteiger charge is 2.28. The average molecular weight is 1670 g/mol. The van der Waals surface area contributed by atoms with Crippen molar-refractivity contribution in [1.29, 1.82) is 0 Å². The highest BCUT2D eigenvalue weighted by Crippen LogP contribution is 2.32. The number of rotatable bonds is 23. The second-order valence-corrected chi connectivity index (χ2v) is 30.5. The first-order chi connectivity index (χ1) is 55.7. The lowest BCUT2D eigenvalue weighted by Crippen LogP contribution is -2.37. The van der Waals surface area contributed by atoms with Crippen LogP contribution >= 0.6 is 57.1 Å². The number of benzene rings is 5. The molecule has 15 aromatic rings.